The predicted molar refractivity (Wildman–Crippen MR) is 102 cm³/mol. The Morgan fingerprint density at radius 3 is 2.52 bits per heavy atom. The minimum absolute atomic E-state index is 0.0306. The molecule has 0 aliphatic carbocycles. The van der Waals surface area contributed by atoms with Crippen molar-refractivity contribution in [3.63, 3.8) is 0 Å². The van der Waals surface area contributed by atoms with E-state index in [-0.39, 0.29) is 29.6 Å². The second kappa shape index (κ2) is 8.80. The van der Waals surface area contributed by atoms with Gasteiger partial charge in [-0.15, -0.1) is 0 Å². The summed E-state index contributed by atoms with van der Waals surface area (Å²) in [5, 5.41) is 3.00. The Morgan fingerprint density at radius 1 is 1.15 bits per heavy atom. The van der Waals surface area contributed by atoms with Crippen LogP contribution in [0.3, 0.4) is 0 Å². The van der Waals surface area contributed by atoms with Crippen LogP contribution >= 0.6 is 0 Å². The van der Waals surface area contributed by atoms with E-state index < -0.39 is 0 Å². The number of piperidine rings is 1. The minimum atomic E-state index is -0.265. The highest BCUT2D eigenvalue weighted by Gasteiger charge is 2.39. The van der Waals surface area contributed by atoms with Crippen LogP contribution in [0.1, 0.15) is 36.9 Å². The first kappa shape index (κ1) is 19.1. The van der Waals surface area contributed by atoms with E-state index >= 15 is 0 Å². The molecule has 0 radical (unpaired) electrons. The molecule has 2 aromatic carbocycles. The number of benzene rings is 2. The van der Waals surface area contributed by atoms with E-state index in [4.69, 9.17) is 0 Å². The van der Waals surface area contributed by atoms with Crippen molar-refractivity contribution in [2.45, 2.75) is 32.2 Å². The zero-order chi connectivity index (χ0) is 19.2. The Bertz CT molecular complexity index is 777. The summed E-state index contributed by atoms with van der Waals surface area (Å²) in [4.78, 5) is 27.1. The Kier molecular flexibility index (Phi) is 6.22. The molecule has 4 nitrogen and oxygen atoms in total. The third kappa shape index (κ3) is 4.54. The lowest BCUT2D eigenvalue weighted by molar-refractivity contribution is -0.143. The summed E-state index contributed by atoms with van der Waals surface area (Å²) in [6.07, 6.45) is 1.59. The molecular weight excluding hydrogens is 343 g/mol. The number of rotatable bonds is 6. The number of halogens is 1. The topological polar surface area (TPSA) is 49.4 Å². The zero-order valence-corrected chi connectivity index (χ0v) is 15.5. The largest absolute Gasteiger partial charge is 0.355 e. The van der Waals surface area contributed by atoms with Crippen LogP contribution in [0.25, 0.3) is 0 Å². The van der Waals surface area contributed by atoms with Crippen LogP contribution in [0.2, 0.25) is 0 Å². The Balaban J connectivity index is 1.69. The van der Waals surface area contributed by atoms with Crippen molar-refractivity contribution in [2.24, 2.45) is 5.92 Å². The number of carbonyl (C=O) groups is 2. The smallest absolute Gasteiger partial charge is 0.225 e. The number of likely N-dealkylation sites (tertiary alicyclic amines) is 1. The minimum Gasteiger partial charge on any atom is -0.355 e. The maximum absolute atomic E-state index is 13.0. The van der Waals surface area contributed by atoms with E-state index in [1.807, 2.05) is 42.2 Å². The van der Waals surface area contributed by atoms with E-state index in [0.29, 0.717) is 32.4 Å². The first-order valence-corrected chi connectivity index (χ1v) is 9.46. The quantitative estimate of drug-likeness (QED) is 0.849. The third-order valence-electron chi connectivity index (χ3n) is 5.15. The van der Waals surface area contributed by atoms with Crippen LogP contribution in [-0.2, 0) is 16.0 Å². The molecule has 1 heterocycles. The van der Waals surface area contributed by atoms with Gasteiger partial charge in [-0.1, -0.05) is 42.5 Å². The molecule has 1 aliphatic heterocycles. The number of amides is 2. The SMILES string of the molecule is CCN1C(=O)CC[C@@H](C(=O)NCCc2ccc(F)cc2)[C@@H]1c1ccccc1. The highest BCUT2D eigenvalue weighted by molar-refractivity contribution is 5.85. The van der Waals surface area contributed by atoms with Crippen LogP contribution in [-0.4, -0.2) is 29.8 Å². The summed E-state index contributed by atoms with van der Waals surface area (Å²) in [6.45, 7) is 3.02. The van der Waals surface area contributed by atoms with Gasteiger partial charge in [0.1, 0.15) is 5.82 Å². The lowest BCUT2D eigenvalue weighted by Gasteiger charge is -2.40. The number of hydrogen-bond acceptors (Lipinski definition) is 2. The summed E-state index contributed by atoms with van der Waals surface area (Å²) in [6, 6.07) is 15.8. The normalized spacial score (nSPS) is 19.8. The van der Waals surface area contributed by atoms with Gasteiger partial charge in [0, 0.05) is 19.5 Å². The van der Waals surface area contributed by atoms with Crippen molar-refractivity contribution in [2.75, 3.05) is 13.1 Å². The highest BCUT2D eigenvalue weighted by atomic mass is 19.1. The number of hydrogen-bond donors (Lipinski definition) is 1. The molecule has 1 fully saturated rings. The third-order valence-corrected chi connectivity index (χ3v) is 5.15. The maximum Gasteiger partial charge on any atom is 0.225 e. The summed E-state index contributed by atoms with van der Waals surface area (Å²) in [5.74, 6) is -0.461. The summed E-state index contributed by atoms with van der Waals surface area (Å²) >= 11 is 0. The van der Waals surface area contributed by atoms with Gasteiger partial charge < -0.3 is 10.2 Å². The molecule has 2 amide bonds. The molecule has 1 saturated heterocycles. The average Bonchev–Trinajstić information content (AvgIpc) is 2.69. The van der Waals surface area contributed by atoms with Crippen LogP contribution in [0.15, 0.2) is 54.6 Å². The maximum atomic E-state index is 13.0. The van der Waals surface area contributed by atoms with Crippen LogP contribution in [0.4, 0.5) is 4.39 Å². The van der Waals surface area contributed by atoms with Crippen molar-refractivity contribution < 1.29 is 14.0 Å². The molecule has 0 saturated carbocycles. The summed E-state index contributed by atoms with van der Waals surface area (Å²) in [5.41, 5.74) is 1.97. The molecule has 0 bridgehead atoms. The molecule has 0 spiro atoms. The van der Waals surface area contributed by atoms with E-state index in [9.17, 15) is 14.0 Å². The first-order valence-electron chi connectivity index (χ1n) is 9.46. The first-order chi connectivity index (χ1) is 13.1. The summed E-state index contributed by atoms with van der Waals surface area (Å²) in [7, 11) is 0. The number of nitrogens with zero attached hydrogens (tertiary/aromatic N) is 1. The number of nitrogens with one attached hydrogen (secondary N) is 1. The predicted octanol–water partition coefficient (Wildman–Crippen LogP) is 3.48. The average molecular weight is 368 g/mol. The summed E-state index contributed by atoms with van der Waals surface area (Å²) < 4.78 is 13.0. The van der Waals surface area contributed by atoms with E-state index in [0.717, 1.165) is 11.1 Å². The van der Waals surface area contributed by atoms with E-state index in [1.54, 1.807) is 12.1 Å². The van der Waals surface area contributed by atoms with Gasteiger partial charge in [0.05, 0.1) is 12.0 Å². The second-order valence-electron chi connectivity index (χ2n) is 6.85. The molecule has 0 aromatic heterocycles. The van der Waals surface area contributed by atoms with Gasteiger partial charge in [0.15, 0.2) is 0 Å². The van der Waals surface area contributed by atoms with Gasteiger partial charge in [0.2, 0.25) is 11.8 Å². The zero-order valence-electron chi connectivity index (χ0n) is 15.5. The van der Waals surface area contributed by atoms with Gasteiger partial charge in [-0.25, -0.2) is 4.39 Å². The fourth-order valence-electron chi connectivity index (χ4n) is 3.77. The lowest BCUT2D eigenvalue weighted by Crippen LogP contribution is -2.48. The molecule has 1 N–H and O–H groups in total. The fourth-order valence-corrected chi connectivity index (χ4v) is 3.77. The van der Waals surface area contributed by atoms with Crippen molar-refractivity contribution >= 4 is 11.8 Å². The lowest BCUT2D eigenvalue weighted by atomic mass is 9.83. The molecule has 3 rings (SSSR count). The second-order valence-corrected chi connectivity index (χ2v) is 6.85. The molecule has 1 aliphatic rings. The van der Waals surface area contributed by atoms with E-state index in [2.05, 4.69) is 5.32 Å². The molecule has 2 atom stereocenters. The van der Waals surface area contributed by atoms with Gasteiger partial charge in [0.25, 0.3) is 0 Å². The Hall–Kier alpha value is -2.69. The fraction of sp³-hybridized carbons (Fsp3) is 0.364. The van der Waals surface area contributed by atoms with Gasteiger partial charge in [-0.05, 0) is 43.0 Å². The molecule has 2 aromatic rings. The standard InChI is InChI=1S/C22H25FN2O2/c1-2-25-20(26)13-12-19(21(25)17-6-4-3-5-7-17)22(27)24-15-14-16-8-10-18(23)11-9-16/h3-11,19,21H,2,12-15H2,1H3,(H,24,27)/t19-,21+/m1/s1. The molecule has 0 unspecified atom stereocenters. The highest BCUT2D eigenvalue weighted by Crippen LogP contribution is 2.36. The van der Waals surface area contributed by atoms with Gasteiger partial charge in [-0.2, -0.15) is 0 Å². The Morgan fingerprint density at radius 2 is 1.85 bits per heavy atom. The number of carbonyl (C=O) groups excluding carboxylic acids is 2. The van der Waals surface area contributed by atoms with Crippen LogP contribution in [0, 0.1) is 11.7 Å². The van der Waals surface area contributed by atoms with Crippen LogP contribution in [0.5, 0.6) is 0 Å². The van der Waals surface area contributed by atoms with Crippen molar-refractivity contribution in [3.8, 4) is 0 Å². The van der Waals surface area contributed by atoms with Gasteiger partial charge in [-0.3, -0.25) is 9.59 Å². The molecule has 27 heavy (non-hydrogen) atoms. The van der Waals surface area contributed by atoms with Crippen LogP contribution < -0.4 is 5.32 Å². The van der Waals surface area contributed by atoms with Crippen molar-refractivity contribution in [3.05, 3.63) is 71.5 Å². The molecule has 5 heteroatoms. The van der Waals surface area contributed by atoms with Crippen molar-refractivity contribution in [1.82, 2.24) is 10.2 Å². The molecule has 142 valence electrons. The van der Waals surface area contributed by atoms with E-state index in [1.165, 1.54) is 12.1 Å². The molecular formula is C22H25FN2O2. The van der Waals surface area contributed by atoms with Crippen molar-refractivity contribution in [1.29, 1.82) is 0 Å². The monoisotopic (exact) mass is 368 g/mol. The van der Waals surface area contributed by atoms with Gasteiger partial charge >= 0.3 is 0 Å². The Labute approximate surface area is 159 Å².